The summed E-state index contributed by atoms with van der Waals surface area (Å²) in [5, 5.41) is 11.8. The van der Waals surface area contributed by atoms with Crippen molar-refractivity contribution in [3.63, 3.8) is 0 Å². The van der Waals surface area contributed by atoms with Crippen molar-refractivity contribution < 1.29 is 24.2 Å². The van der Waals surface area contributed by atoms with Gasteiger partial charge in [-0.05, 0) is 38.0 Å². The minimum atomic E-state index is -1.01. The van der Waals surface area contributed by atoms with Crippen molar-refractivity contribution in [1.82, 2.24) is 5.32 Å². The van der Waals surface area contributed by atoms with Crippen molar-refractivity contribution in [2.45, 2.75) is 38.8 Å². The summed E-state index contributed by atoms with van der Waals surface area (Å²) in [6, 6.07) is 14.3. The zero-order valence-corrected chi connectivity index (χ0v) is 16.0. The lowest BCUT2D eigenvalue weighted by Crippen LogP contribution is -2.35. The number of alkyl carbamates (subject to hydrolysis) is 1. The highest BCUT2D eigenvalue weighted by Crippen LogP contribution is 2.30. The minimum Gasteiger partial charge on any atom is -0.496 e. The molecular formula is C21H25NO5. The van der Waals surface area contributed by atoms with E-state index in [0.717, 1.165) is 16.9 Å². The van der Waals surface area contributed by atoms with E-state index >= 15 is 0 Å². The number of methoxy groups -OCH3 is 1. The predicted molar refractivity (Wildman–Crippen MR) is 103 cm³/mol. The number of para-hydroxylation sites is 1. The van der Waals surface area contributed by atoms with Crippen LogP contribution in [0.25, 0.3) is 11.1 Å². The maximum atomic E-state index is 12.1. The first-order chi connectivity index (χ1) is 12.7. The lowest BCUT2D eigenvalue weighted by Gasteiger charge is -2.23. The second-order valence-electron chi connectivity index (χ2n) is 7.12. The largest absolute Gasteiger partial charge is 0.496 e. The van der Waals surface area contributed by atoms with Crippen LogP contribution in [0.3, 0.4) is 0 Å². The van der Waals surface area contributed by atoms with E-state index in [4.69, 9.17) is 9.47 Å². The standard InChI is InChI=1S/C21H25NO5/c1-21(2,3)27-20(25)22-17(13-19(23)24)15-11-9-14(10-12-15)16-7-5-6-8-18(16)26-4/h5-12,17H,13H2,1-4H3,(H,22,25)(H,23,24)/t17-/m1/s1. The fraction of sp³-hybridized carbons (Fsp3) is 0.333. The molecule has 6 nitrogen and oxygen atoms in total. The van der Waals surface area contributed by atoms with Gasteiger partial charge in [-0.15, -0.1) is 0 Å². The molecule has 0 unspecified atom stereocenters. The molecular weight excluding hydrogens is 346 g/mol. The number of rotatable bonds is 6. The van der Waals surface area contributed by atoms with Gasteiger partial charge in [-0.3, -0.25) is 4.79 Å². The van der Waals surface area contributed by atoms with Gasteiger partial charge in [-0.1, -0.05) is 42.5 Å². The van der Waals surface area contributed by atoms with Gasteiger partial charge < -0.3 is 19.9 Å². The predicted octanol–water partition coefficient (Wildman–Crippen LogP) is 4.40. The molecule has 0 aromatic heterocycles. The van der Waals surface area contributed by atoms with Crippen LogP contribution < -0.4 is 10.1 Å². The average molecular weight is 371 g/mol. The second kappa shape index (κ2) is 8.58. The number of amides is 1. The van der Waals surface area contributed by atoms with E-state index in [-0.39, 0.29) is 6.42 Å². The average Bonchev–Trinajstić information content (AvgIpc) is 2.59. The van der Waals surface area contributed by atoms with E-state index in [0.29, 0.717) is 5.56 Å². The Morgan fingerprint density at radius 2 is 1.70 bits per heavy atom. The quantitative estimate of drug-likeness (QED) is 0.786. The topological polar surface area (TPSA) is 84.9 Å². The Bertz CT molecular complexity index is 793. The van der Waals surface area contributed by atoms with Crippen LogP contribution in [-0.4, -0.2) is 29.9 Å². The van der Waals surface area contributed by atoms with Crippen molar-refractivity contribution >= 4 is 12.1 Å². The van der Waals surface area contributed by atoms with Gasteiger partial charge in [0.1, 0.15) is 11.4 Å². The van der Waals surface area contributed by atoms with Gasteiger partial charge in [0, 0.05) is 5.56 Å². The number of hydrogen-bond donors (Lipinski definition) is 2. The summed E-state index contributed by atoms with van der Waals surface area (Å²) in [5.41, 5.74) is 1.89. The number of carboxylic acids is 1. The van der Waals surface area contributed by atoms with E-state index in [2.05, 4.69) is 5.32 Å². The molecule has 27 heavy (non-hydrogen) atoms. The summed E-state index contributed by atoms with van der Waals surface area (Å²) in [5.74, 6) is -0.260. The molecule has 2 N–H and O–H groups in total. The first-order valence-corrected chi connectivity index (χ1v) is 8.64. The van der Waals surface area contributed by atoms with Crippen molar-refractivity contribution in [3.05, 3.63) is 54.1 Å². The number of carboxylic acid groups (broad SMARTS) is 1. The van der Waals surface area contributed by atoms with Crippen molar-refractivity contribution in [3.8, 4) is 16.9 Å². The van der Waals surface area contributed by atoms with Crippen LogP contribution in [0.5, 0.6) is 5.75 Å². The Morgan fingerprint density at radius 3 is 2.26 bits per heavy atom. The summed E-state index contributed by atoms with van der Waals surface area (Å²) in [6.45, 7) is 5.25. The Balaban J connectivity index is 2.23. The summed E-state index contributed by atoms with van der Waals surface area (Å²) in [4.78, 5) is 23.3. The van der Waals surface area contributed by atoms with Gasteiger partial charge in [0.2, 0.25) is 0 Å². The molecule has 0 saturated heterocycles. The van der Waals surface area contributed by atoms with Crippen LogP contribution in [-0.2, 0) is 9.53 Å². The lowest BCUT2D eigenvalue weighted by atomic mass is 9.98. The van der Waals surface area contributed by atoms with Crippen LogP contribution >= 0.6 is 0 Å². The van der Waals surface area contributed by atoms with Gasteiger partial charge in [0.15, 0.2) is 0 Å². The van der Waals surface area contributed by atoms with E-state index < -0.39 is 23.7 Å². The van der Waals surface area contributed by atoms with E-state index in [1.165, 1.54) is 0 Å². The SMILES string of the molecule is COc1ccccc1-c1ccc([C@@H](CC(=O)O)NC(=O)OC(C)(C)C)cc1. The molecule has 0 bridgehead atoms. The minimum absolute atomic E-state index is 0.243. The Hall–Kier alpha value is -3.02. The van der Waals surface area contributed by atoms with Gasteiger partial charge in [0.05, 0.1) is 19.6 Å². The van der Waals surface area contributed by atoms with E-state index in [1.807, 2.05) is 36.4 Å². The molecule has 1 atom stereocenters. The molecule has 0 heterocycles. The molecule has 0 aliphatic heterocycles. The van der Waals surface area contributed by atoms with Gasteiger partial charge in [-0.25, -0.2) is 4.79 Å². The van der Waals surface area contributed by atoms with Gasteiger partial charge in [0.25, 0.3) is 0 Å². The molecule has 0 radical (unpaired) electrons. The number of ether oxygens (including phenoxy) is 2. The zero-order chi connectivity index (χ0) is 20.0. The molecule has 0 saturated carbocycles. The number of nitrogens with one attached hydrogen (secondary N) is 1. The first-order valence-electron chi connectivity index (χ1n) is 8.64. The summed E-state index contributed by atoms with van der Waals surface area (Å²) >= 11 is 0. The monoisotopic (exact) mass is 371 g/mol. The lowest BCUT2D eigenvalue weighted by molar-refractivity contribution is -0.137. The Morgan fingerprint density at radius 1 is 1.07 bits per heavy atom. The van der Waals surface area contributed by atoms with Crippen LogP contribution in [0, 0.1) is 0 Å². The fourth-order valence-electron chi connectivity index (χ4n) is 2.65. The highest BCUT2D eigenvalue weighted by molar-refractivity contribution is 5.73. The molecule has 1 amide bonds. The zero-order valence-electron chi connectivity index (χ0n) is 16.0. The van der Waals surface area contributed by atoms with E-state index in [1.54, 1.807) is 40.0 Å². The number of hydrogen-bond acceptors (Lipinski definition) is 4. The second-order valence-corrected chi connectivity index (χ2v) is 7.12. The Labute approximate surface area is 159 Å². The summed E-state index contributed by atoms with van der Waals surface area (Å²) < 4.78 is 10.6. The van der Waals surface area contributed by atoms with Gasteiger partial charge >= 0.3 is 12.1 Å². The first kappa shape index (κ1) is 20.3. The Kier molecular flexibility index (Phi) is 6.45. The third-order valence-electron chi connectivity index (χ3n) is 3.80. The van der Waals surface area contributed by atoms with Crippen molar-refractivity contribution in [2.24, 2.45) is 0 Å². The maximum absolute atomic E-state index is 12.1. The van der Waals surface area contributed by atoms with Crippen molar-refractivity contribution in [2.75, 3.05) is 7.11 Å². The molecule has 2 rings (SSSR count). The molecule has 6 heteroatoms. The summed E-state index contributed by atoms with van der Waals surface area (Å²) in [6.07, 6.45) is -0.893. The number of aliphatic carboxylic acids is 1. The molecule has 2 aromatic rings. The van der Waals surface area contributed by atoms with Crippen LogP contribution in [0.15, 0.2) is 48.5 Å². The molecule has 0 aliphatic rings. The van der Waals surface area contributed by atoms with Crippen LogP contribution in [0.1, 0.15) is 38.8 Å². The third-order valence-corrected chi connectivity index (χ3v) is 3.80. The number of carbonyl (C=O) groups is 2. The van der Waals surface area contributed by atoms with Crippen LogP contribution in [0.2, 0.25) is 0 Å². The normalized spacial score (nSPS) is 12.1. The molecule has 0 aliphatic carbocycles. The highest BCUT2D eigenvalue weighted by atomic mass is 16.6. The van der Waals surface area contributed by atoms with Crippen molar-refractivity contribution in [1.29, 1.82) is 0 Å². The molecule has 0 fully saturated rings. The maximum Gasteiger partial charge on any atom is 0.408 e. The number of carbonyl (C=O) groups excluding carboxylic acids is 1. The van der Waals surface area contributed by atoms with E-state index in [9.17, 15) is 14.7 Å². The fourth-order valence-corrected chi connectivity index (χ4v) is 2.65. The molecule has 144 valence electrons. The molecule has 0 spiro atoms. The summed E-state index contributed by atoms with van der Waals surface area (Å²) in [7, 11) is 1.61. The number of benzene rings is 2. The molecule has 2 aromatic carbocycles. The van der Waals surface area contributed by atoms with Crippen LogP contribution in [0.4, 0.5) is 4.79 Å². The smallest absolute Gasteiger partial charge is 0.408 e. The third kappa shape index (κ3) is 6.02. The van der Waals surface area contributed by atoms with Gasteiger partial charge in [-0.2, -0.15) is 0 Å². The highest BCUT2D eigenvalue weighted by Gasteiger charge is 2.22.